The molecule has 0 saturated carbocycles. The molecule has 0 spiro atoms. The normalized spacial score (nSPS) is 11.3. The lowest BCUT2D eigenvalue weighted by atomic mass is 10.0. The number of benzene rings is 4. The predicted octanol–water partition coefficient (Wildman–Crippen LogP) is 8.26. The van der Waals surface area contributed by atoms with Crippen LogP contribution < -0.4 is 4.74 Å². The zero-order chi connectivity index (χ0) is 24.4. The van der Waals surface area contributed by atoms with Crippen molar-refractivity contribution < 1.29 is 31.1 Å². The van der Waals surface area contributed by atoms with E-state index in [1.807, 2.05) is 6.92 Å². The highest BCUT2D eigenvalue weighted by molar-refractivity contribution is 5.84. The largest absolute Gasteiger partial charge is 0.483 e. The summed E-state index contributed by atoms with van der Waals surface area (Å²) in [5, 5.41) is -0.0567. The molecule has 7 heteroatoms. The Balaban J connectivity index is 1.56. The summed E-state index contributed by atoms with van der Waals surface area (Å²) in [6.45, 7) is 1.71. The average Bonchev–Trinajstić information content (AvgIpc) is 2.80. The molecule has 34 heavy (non-hydrogen) atoms. The van der Waals surface area contributed by atoms with Crippen LogP contribution in [0.3, 0.4) is 0 Å². The van der Waals surface area contributed by atoms with Gasteiger partial charge >= 0.3 is 0 Å². The van der Waals surface area contributed by atoms with Gasteiger partial charge in [-0.2, -0.15) is 0 Å². The molecule has 1 nitrogen and oxygen atoms in total. The zero-order valence-electron chi connectivity index (χ0n) is 18.2. The van der Waals surface area contributed by atoms with Gasteiger partial charge in [0.05, 0.1) is 0 Å². The summed E-state index contributed by atoms with van der Waals surface area (Å²) in [4.78, 5) is 0. The highest BCUT2D eigenvalue weighted by atomic mass is 19.2. The fourth-order valence-electron chi connectivity index (χ4n) is 3.78. The Hall–Kier alpha value is -3.48. The number of rotatable bonds is 7. The summed E-state index contributed by atoms with van der Waals surface area (Å²) >= 11 is 0. The van der Waals surface area contributed by atoms with E-state index in [1.165, 1.54) is 30.3 Å². The second-order valence-electron chi connectivity index (χ2n) is 8.02. The maximum absolute atomic E-state index is 14.7. The van der Waals surface area contributed by atoms with E-state index in [1.54, 1.807) is 6.07 Å². The fourth-order valence-corrected chi connectivity index (χ4v) is 3.78. The summed E-state index contributed by atoms with van der Waals surface area (Å²) < 4.78 is 89.9. The van der Waals surface area contributed by atoms with Crippen LogP contribution in [-0.2, 0) is 13.0 Å². The van der Waals surface area contributed by atoms with Gasteiger partial charge in [0.25, 0.3) is 0 Å². The van der Waals surface area contributed by atoms with Crippen molar-refractivity contribution in [3.63, 3.8) is 0 Å². The average molecular weight is 474 g/mol. The Kier molecular flexibility index (Phi) is 6.82. The van der Waals surface area contributed by atoms with E-state index in [0.717, 1.165) is 36.6 Å². The van der Waals surface area contributed by atoms with Crippen LogP contribution in [0.15, 0.2) is 54.6 Å². The van der Waals surface area contributed by atoms with Crippen molar-refractivity contribution in [2.24, 2.45) is 0 Å². The van der Waals surface area contributed by atoms with Gasteiger partial charge in [0.15, 0.2) is 34.8 Å². The van der Waals surface area contributed by atoms with E-state index in [0.29, 0.717) is 12.0 Å². The van der Waals surface area contributed by atoms with Crippen LogP contribution in [-0.4, -0.2) is 0 Å². The number of hydrogen-bond donors (Lipinski definition) is 0. The second-order valence-corrected chi connectivity index (χ2v) is 8.02. The molecule has 0 atom stereocenters. The lowest BCUT2D eigenvalue weighted by molar-refractivity contribution is 0.274. The molecular weight excluding hydrogens is 454 g/mol. The minimum Gasteiger partial charge on any atom is -0.483 e. The van der Waals surface area contributed by atoms with E-state index in [-0.39, 0.29) is 28.5 Å². The number of unbranched alkanes of at least 4 members (excludes halogenated alkanes) is 1. The van der Waals surface area contributed by atoms with E-state index in [9.17, 15) is 26.3 Å². The first-order chi connectivity index (χ1) is 16.3. The molecule has 0 amide bonds. The van der Waals surface area contributed by atoms with Gasteiger partial charge in [-0.25, -0.2) is 26.3 Å². The monoisotopic (exact) mass is 474 g/mol. The second kappa shape index (κ2) is 9.79. The molecule has 4 aromatic carbocycles. The number of fused-ring (bicyclic) bond motifs is 1. The molecule has 0 N–H and O–H groups in total. The first kappa shape index (κ1) is 23.7. The van der Waals surface area contributed by atoms with E-state index in [4.69, 9.17) is 4.74 Å². The number of halogens is 6. The van der Waals surface area contributed by atoms with Crippen LogP contribution in [0.5, 0.6) is 5.75 Å². The summed E-state index contributed by atoms with van der Waals surface area (Å²) in [7, 11) is 0. The SMILES string of the molecule is CCCCc1ccc(-c2cc(F)c(OCc3ccc4c(F)c(F)c(F)cc4c3)c(F)c2)c(F)c1. The summed E-state index contributed by atoms with van der Waals surface area (Å²) in [6.07, 6.45) is 2.59. The van der Waals surface area contributed by atoms with Crippen LogP contribution in [0.25, 0.3) is 21.9 Å². The predicted molar refractivity (Wildman–Crippen MR) is 119 cm³/mol. The summed E-state index contributed by atoms with van der Waals surface area (Å²) in [5.41, 5.74) is 1.26. The fraction of sp³-hybridized carbons (Fsp3) is 0.185. The Morgan fingerprint density at radius 2 is 1.38 bits per heavy atom. The highest BCUT2D eigenvalue weighted by Crippen LogP contribution is 2.32. The molecule has 176 valence electrons. The van der Waals surface area contributed by atoms with Gasteiger partial charge in [-0.3, -0.25) is 0 Å². The van der Waals surface area contributed by atoms with Crippen molar-refractivity contribution >= 4 is 10.8 Å². The van der Waals surface area contributed by atoms with Crippen LogP contribution in [0.4, 0.5) is 26.3 Å². The van der Waals surface area contributed by atoms with Crippen molar-refractivity contribution in [1.29, 1.82) is 0 Å². The lowest BCUT2D eigenvalue weighted by Crippen LogP contribution is -2.01. The molecule has 0 bridgehead atoms. The maximum Gasteiger partial charge on any atom is 0.195 e. The molecule has 4 rings (SSSR count). The van der Waals surface area contributed by atoms with Crippen LogP contribution in [0, 0.1) is 34.9 Å². The smallest absolute Gasteiger partial charge is 0.195 e. The minimum atomic E-state index is -1.58. The minimum absolute atomic E-state index is 0.0283. The van der Waals surface area contributed by atoms with Crippen molar-refractivity contribution in [3.8, 4) is 16.9 Å². The first-order valence-corrected chi connectivity index (χ1v) is 10.7. The third-order valence-electron chi connectivity index (χ3n) is 5.58. The van der Waals surface area contributed by atoms with Gasteiger partial charge in [0.2, 0.25) is 0 Å². The maximum atomic E-state index is 14.7. The van der Waals surface area contributed by atoms with Gasteiger partial charge in [-0.1, -0.05) is 37.6 Å². The van der Waals surface area contributed by atoms with Gasteiger partial charge < -0.3 is 4.74 Å². The van der Waals surface area contributed by atoms with Gasteiger partial charge in [-0.15, -0.1) is 0 Å². The Bertz CT molecular complexity index is 1340. The van der Waals surface area contributed by atoms with Gasteiger partial charge in [0.1, 0.15) is 12.4 Å². The Morgan fingerprint density at radius 1 is 0.676 bits per heavy atom. The Labute approximate surface area is 192 Å². The molecule has 0 heterocycles. The van der Waals surface area contributed by atoms with Crippen LogP contribution in [0.1, 0.15) is 30.9 Å². The van der Waals surface area contributed by atoms with E-state index < -0.39 is 40.7 Å². The molecule has 0 fully saturated rings. The van der Waals surface area contributed by atoms with Gasteiger partial charge in [0, 0.05) is 10.9 Å². The van der Waals surface area contributed by atoms with Crippen LogP contribution in [0.2, 0.25) is 0 Å². The summed E-state index contributed by atoms with van der Waals surface area (Å²) in [5.74, 6) is -7.53. The zero-order valence-corrected chi connectivity index (χ0v) is 18.2. The van der Waals surface area contributed by atoms with Crippen molar-refractivity contribution in [1.82, 2.24) is 0 Å². The molecule has 4 aromatic rings. The van der Waals surface area contributed by atoms with Crippen molar-refractivity contribution in [2.45, 2.75) is 32.8 Å². The number of hydrogen-bond acceptors (Lipinski definition) is 1. The van der Waals surface area contributed by atoms with E-state index in [2.05, 4.69) is 0 Å². The number of aryl methyl sites for hydroxylation is 1. The molecule has 0 aliphatic carbocycles. The van der Waals surface area contributed by atoms with Crippen molar-refractivity contribution in [2.75, 3.05) is 0 Å². The molecule has 0 aliphatic rings. The molecule has 0 saturated heterocycles. The third kappa shape index (κ3) is 4.74. The standard InChI is InChI=1S/C27H20F6O/c1-2-3-4-15-5-7-19(21(28)10-15)18-12-23(30)27(24(31)13-18)34-14-16-6-8-20-17(9-16)11-22(29)26(33)25(20)32/h5-13H,2-4,14H2,1H3. The van der Waals surface area contributed by atoms with Gasteiger partial charge in [-0.05, 0) is 65.3 Å². The molecule has 0 radical (unpaired) electrons. The summed E-state index contributed by atoms with van der Waals surface area (Å²) in [6, 6.07) is 11.3. The highest BCUT2D eigenvalue weighted by Gasteiger charge is 2.17. The Morgan fingerprint density at radius 3 is 2.06 bits per heavy atom. The first-order valence-electron chi connectivity index (χ1n) is 10.7. The molecule has 0 unspecified atom stereocenters. The molecule has 0 aromatic heterocycles. The number of ether oxygens (including phenoxy) is 1. The topological polar surface area (TPSA) is 9.23 Å². The molecule has 0 aliphatic heterocycles. The van der Waals surface area contributed by atoms with Crippen molar-refractivity contribution in [3.05, 3.63) is 101 Å². The quantitative estimate of drug-likeness (QED) is 0.194. The lowest BCUT2D eigenvalue weighted by Gasteiger charge is -2.12. The van der Waals surface area contributed by atoms with E-state index >= 15 is 0 Å². The third-order valence-corrected chi connectivity index (χ3v) is 5.58. The molecular formula is C27H20F6O. The van der Waals surface area contributed by atoms with Crippen LogP contribution >= 0.6 is 0 Å².